The van der Waals surface area contributed by atoms with E-state index in [-0.39, 0.29) is 11.8 Å². The molecule has 1 aliphatic heterocycles. The molecule has 0 aromatic heterocycles. The molecule has 104 valence electrons. The highest BCUT2D eigenvalue weighted by Crippen LogP contribution is 2.42. The molecular formula is C15H20O4. The van der Waals surface area contributed by atoms with E-state index in [9.17, 15) is 4.79 Å². The Morgan fingerprint density at radius 1 is 1.47 bits per heavy atom. The number of rotatable bonds is 6. The van der Waals surface area contributed by atoms with Crippen molar-refractivity contribution >= 4 is 5.97 Å². The minimum absolute atomic E-state index is 0.156. The second-order valence-corrected chi connectivity index (χ2v) is 5.06. The second kappa shape index (κ2) is 5.61. The van der Waals surface area contributed by atoms with Crippen LogP contribution in [0.1, 0.15) is 30.9 Å². The molecule has 1 aliphatic rings. The first-order chi connectivity index (χ1) is 9.11. The molecule has 0 radical (unpaired) electrons. The summed E-state index contributed by atoms with van der Waals surface area (Å²) in [6.07, 6.45) is 1.70. The fourth-order valence-electron chi connectivity index (χ4n) is 2.52. The summed E-state index contributed by atoms with van der Waals surface area (Å²) in [5, 5.41) is 8.90. The number of hydrogen-bond acceptors (Lipinski definition) is 3. The van der Waals surface area contributed by atoms with Gasteiger partial charge in [-0.3, -0.25) is 4.79 Å². The number of hydrogen-bond donors (Lipinski definition) is 1. The van der Waals surface area contributed by atoms with Crippen molar-refractivity contribution in [2.75, 3.05) is 20.3 Å². The number of carboxylic acid groups (broad SMARTS) is 1. The molecular weight excluding hydrogens is 244 g/mol. The highest BCUT2D eigenvalue weighted by molar-refractivity contribution is 5.67. The zero-order valence-electron chi connectivity index (χ0n) is 11.4. The van der Waals surface area contributed by atoms with Crippen molar-refractivity contribution in [2.45, 2.75) is 31.6 Å². The second-order valence-electron chi connectivity index (χ2n) is 5.06. The zero-order chi connectivity index (χ0) is 13.9. The van der Waals surface area contributed by atoms with Gasteiger partial charge in [-0.2, -0.15) is 0 Å². The van der Waals surface area contributed by atoms with Crippen LogP contribution in [-0.4, -0.2) is 31.4 Å². The van der Waals surface area contributed by atoms with Crippen LogP contribution < -0.4 is 4.74 Å². The summed E-state index contributed by atoms with van der Waals surface area (Å²) in [4.78, 5) is 10.8. The maximum Gasteiger partial charge on any atom is 0.303 e. The van der Waals surface area contributed by atoms with Crippen molar-refractivity contribution in [1.29, 1.82) is 0 Å². The molecule has 0 aliphatic carbocycles. The molecule has 4 nitrogen and oxygen atoms in total. The van der Waals surface area contributed by atoms with E-state index in [1.54, 1.807) is 7.11 Å². The Morgan fingerprint density at radius 2 is 2.21 bits per heavy atom. The number of methoxy groups -OCH3 is 1. The Labute approximate surface area is 113 Å². The number of carbonyl (C=O) groups is 1. The number of ether oxygens (including phenoxy) is 2. The summed E-state index contributed by atoms with van der Waals surface area (Å²) in [5.41, 5.74) is 2.12. The first-order valence-electron chi connectivity index (χ1n) is 6.58. The largest absolute Gasteiger partial charge is 0.496 e. The Morgan fingerprint density at radius 3 is 2.68 bits per heavy atom. The fraction of sp³-hybridized carbons (Fsp3) is 0.533. The van der Waals surface area contributed by atoms with Crippen LogP contribution in [0.3, 0.4) is 0 Å². The molecule has 1 N–H and O–H groups in total. The third kappa shape index (κ3) is 2.73. The molecule has 4 heteroatoms. The quantitative estimate of drug-likeness (QED) is 0.857. The van der Waals surface area contributed by atoms with Gasteiger partial charge in [-0.15, -0.1) is 0 Å². The van der Waals surface area contributed by atoms with Crippen molar-refractivity contribution in [3.05, 3.63) is 29.3 Å². The van der Waals surface area contributed by atoms with E-state index in [1.807, 2.05) is 12.1 Å². The minimum Gasteiger partial charge on any atom is -0.496 e. The highest BCUT2D eigenvalue weighted by Gasteiger charge is 2.42. The van der Waals surface area contributed by atoms with Crippen LogP contribution in [0.5, 0.6) is 5.75 Å². The van der Waals surface area contributed by atoms with Gasteiger partial charge in [0.1, 0.15) is 5.75 Å². The van der Waals surface area contributed by atoms with Crippen LogP contribution in [-0.2, 0) is 21.4 Å². The van der Waals surface area contributed by atoms with E-state index >= 15 is 0 Å². The van der Waals surface area contributed by atoms with Gasteiger partial charge in [0, 0.05) is 17.4 Å². The topological polar surface area (TPSA) is 55.8 Å². The van der Waals surface area contributed by atoms with Crippen LogP contribution in [0.25, 0.3) is 0 Å². The molecule has 1 saturated heterocycles. The predicted octanol–water partition coefficient (Wildman–Crippen LogP) is 2.39. The van der Waals surface area contributed by atoms with Gasteiger partial charge in [-0.25, -0.2) is 0 Å². The predicted molar refractivity (Wildman–Crippen MR) is 71.7 cm³/mol. The molecule has 1 aromatic carbocycles. The lowest BCUT2D eigenvalue weighted by atomic mass is 9.74. The highest BCUT2D eigenvalue weighted by atomic mass is 16.5. The Bertz CT molecular complexity index is 463. The van der Waals surface area contributed by atoms with Gasteiger partial charge in [-0.1, -0.05) is 19.1 Å². The summed E-state index contributed by atoms with van der Waals surface area (Å²) in [7, 11) is 1.65. The summed E-state index contributed by atoms with van der Waals surface area (Å²) in [5.74, 6) is 0.0581. The van der Waals surface area contributed by atoms with Crippen LogP contribution >= 0.6 is 0 Å². The summed E-state index contributed by atoms with van der Waals surface area (Å²) in [6.45, 7) is 3.25. The van der Waals surface area contributed by atoms with Crippen LogP contribution in [0, 0.1) is 0 Å². The maximum absolute atomic E-state index is 10.8. The molecule has 2 rings (SSSR count). The average molecular weight is 264 g/mol. The molecule has 0 bridgehead atoms. The molecule has 0 amide bonds. The molecule has 1 fully saturated rings. The molecule has 1 aromatic rings. The van der Waals surface area contributed by atoms with Crippen molar-refractivity contribution < 1.29 is 19.4 Å². The van der Waals surface area contributed by atoms with E-state index in [0.717, 1.165) is 17.7 Å². The lowest BCUT2D eigenvalue weighted by molar-refractivity contribution is -0.139. The lowest BCUT2D eigenvalue weighted by Crippen LogP contribution is -2.47. The zero-order valence-corrected chi connectivity index (χ0v) is 11.4. The lowest BCUT2D eigenvalue weighted by Gasteiger charge is -2.42. The Kier molecular flexibility index (Phi) is 4.10. The molecule has 1 heterocycles. The number of benzene rings is 1. The fourth-order valence-corrected chi connectivity index (χ4v) is 2.52. The van der Waals surface area contributed by atoms with Crippen molar-refractivity contribution in [3.8, 4) is 5.75 Å². The van der Waals surface area contributed by atoms with Crippen molar-refractivity contribution in [3.63, 3.8) is 0 Å². The summed E-state index contributed by atoms with van der Waals surface area (Å²) >= 11 is 0. The van der Waals surface area contributed by atoms with E-state index in [4.69, 9.17) is 14.6 Å². The molecule has 0 saturated carbocycles. The smallest absolute Gasteiger partial charge is 0.303 e. The summed E-state index contributed by atoms with van der Waals surface area (Å²) < 4.78 is 10.8. The van der Waals surface area contributed by atoms with E-state index in [1.165, 1.54) is 5.56 Å². The van der Waals surface area contributed by atoms with Gasteiger partial charge in [0.2, 0.25) is 0 Å². The molecule has 0 unspecified atom stereocenters. The van der Waals surface area contributed by atoms with Gasteiger partial charge in [0.05, 0.1) is 20.3 Å². The van der Waals surface area contributed by atoms with Gasteiger partial charge in [0.25, 0.3) is 0 Å². The van der Waals surface area contributed by atoms with E-state index in [0.29, 0.717) is 19.6 Å². The van der Waals surface area contributed by atoms with Crippen LogP contribution in [0.15, 0.2) is 18.2 Å². The first-order valence-corrected chi connectivity index (χ1v) is 6.58. The Hall–Kier alpha value is -1.55. The van der Waals surface area contributed by atoms with E-state index < -0.39 is 5.97 Å². The number of aliphatic carboxylic acids is 1. The standard InChI is InChI=1S/C15H20O4/c1-3-11-4-5-13(18-2)12(8-11)15(9-19-10-15)7-6-14(16)17/h4-5,8H,3,6-7,9-10H2,1-2H3,(H,16,17). The first kappa shape index (κ1) is 13.9. The SMILES string of the molecule is CCc1ccc(OC)c(C2(CCC(=O)O)COC2)c1. The van der Waals surface area contributed by atoms with Crippen LogP contribution in [0.2, 0.25) is 0 Å². The van der Waals surface area contributed by atoms with Gasteiger partial charge in [0.15, 0.2) is 0 Å². The van der Waals surface area contributed by atoms with Gasteiger partial charge < -0.3 is 14.6 Å². The molecule has 0 spiro atoms. The monoisotopic (exact) mass is 264 g/mol. The maximum atomic E-state index is 10.8. The molecule has 0 atom stereocenters. The Balaban J connectivity index is 2.33. The molecule has 19 heavy (non-hydrogen) atoms. The third-order valence-electron chi connectivity index (χ3n) is 3.82. The van der Waals surface area contributed by atoms with Crippen molar-refractivity contribution in [1.82, 2.24) is 0 Å². The summed E-state index contributed by atoms with van der Waals surface area (Å²) in [6, 6.07) is 6.14. The minimum atomic E-state index is -0.767. The van der Waals surface area contributed by atoms with Gasteiger partial charge in [-0.05, 0) is 24.5 Å². The number of aryl methyl sites for hydroxylation is 1. The van der Waals surface area contributed by atoms with Gasteiger partial charge >= 0.3 is 5.97 Å². The van der Waals surface area contributed by atoms with E-state index in [2.05, 4.69) is 13.0 Å². The normalized spacial score (nSPS) is 16.7. The van der Waals surface area contributed by atoms with Crippen molar-refractivity contribution in [2.24, 2.45) is 0 Å². The average Bonchev–Trinajstić information content (AvgIpc) is 2.37. The van der Waals surface area contributed by atoms with Crippen LogP contribution in [0.4, 0.5) is 0 Å². The third-order valence-corrected chi connectivity index (χ3v) is 3.82. The number of carboxylic acids is 1.